The van der Waals surface area contributed by atoms with Gasteiger partial charge in [0.15, 0.2) is 0 Å². The van der Waals surface area contributed by atoms with Gasteiger partial charge in [-0.05, 0) is 23.8 Å². The molecule has 0 N–H and O–H groups in total. The molecule has 2 aromatic rings. The summed E-state index contributed by atoms with van der Waals surface area (Å²) in [7, 11) is 1.69. The highest BCUT2D eigenvalue weighted by atomic mass is 16.5. The van der Waals surface area contributed by atoms with Gasteiger partial charge in [0.1, 0.15) is 11.8 Å². The van der Waals surface area contributed by atoms with Gasteiger partial charge in [-0.2, -0.15) is 0 Å². The monoisotopic (exact) mass is 367 g/mol. The first-order valence-corrected chi connectivity index (χ1v) is 8.91. The van der Waals surface area contributed by atoms with Crippen LogP contribution in [0.2, 0.25) is 0 Å². The van der Waals surface area contributed by atoms with Crippen LogP contribution in [0.15, 0.2) is 42.7 Å². The van der Waals surface area contributed by atoms with Crippen molar-refractivity contribution in [2.45, 2.75) is 12.6 Å². The van der Waals surface area contributed by atoms with Crippen LogP contribution < -0.4 is 4.74 Å². The molecule has 2 aliphatic heterocycles. The van der Waals surface area contributed by atoms with E-state index < -0.39 is 0 Å². The number of benzene rings is 1. The molecule has 1 atom stereocenters. The van der Waals surface area contributed by atoms with Gasteiger partial charge in [0.2, 0.25) is 11.8 Å². The molecule has 0 saturated carbocycles. The largest absolute Gasteiger partial charge is 0.424 e. The minimum atomic E-state index is -0.372. The summed E-state index contributed by atoms with van der Waals surface area (Å²) in [5.74, 6) is 0.724. The van der Waals surface area contributed by atoms with E-state index in [1.54, 1.807) is 30.4 Å². The van der Waals surface area contributed by atoms with Gasteiger partial charge in [-0.15, -0.1) is 0 Å². The summed E-state index contributed by atoms with van der Waals surface area (Å²) in [5.41, 5.74) is 1.12. The van der Waals surface area contributed by atoms with Crippen molar-refractivity contribution in [3.63, 3.8) is 0 Å². The van der Waals surface area contributed by atoms with Crippen LogP contribution in [0.25, 0.3) is 0 Å². The van der Waals surface area contributed by atoms with Crippen LogP contribution in [0, 0.1) is 0 Å². The molecular formula is C19H21N5O3. The second kappa shape index (κ2) is 7.32. The summed E-state index contributed by atoms with van der Waals surface area (Å²) in [6.45, 7) is 2.82. The molecule has 2 aliphatic rings. The van der Waals surface area contributed by atoms with Crippen LogP contribution in [0.3, 0.4) is 0 Å². The predicted octanol–water partition coefficient (Wildman–Crippen LogP) is 0.754. The lowest BCUT2D eigenvalue weighted by Gasteiger charge is -2.45. The van der Waals surface area contributed by atoms with Crippen molar-refractivity contribution in [2.24, 2.45) is 0 Å². The van der Waals surface area contributed by atoms with E-state index in [1.165, 1.54) is 4.90 Å². The quantitative estimate of drug-likeness (QED) is 0.794. The Morgan fingerprint density at radius 1 is 1.11 bits per heavy atom. The maximum Gasteiger partial charge on any atom is 0.321 e. The van der Waals surface area contributed by atoms with Gasteiger partial charge in [0.25, 0.3) is 0 Å². The lowest BCUT2D eigenvalue weighted by atomic mass is 10.1. The Morgan fingerprint density at radius 2 is 1.85 bits per heavy atom. The lowest BCUT2D eigenvalue weighted by Crippen LogP contribution is -2.65. The summed E-state index contributed by atoms with van der Waals surface area (Å²) in [6, 6.07) is 9.41. The third-order valence-corrected chi connectivity index (χ3v) is 4.90. The van der Waals surface area contributed by atoms with Crippen molar-refractivity contribution in [1.82, 2.24) is 24.7 Å². The van der Waals surface area contributed by atoms with Crippen molar-refractivity contribution in [2.75, 3.05) is 33.2 Å². The van der Waals surface area contributed by atoms with Gasteiger partial charge in [0, 0.05) is 45.6 Å². The van der Waals surface area contributed by atoms with Crippen molar-refractivity contribution in [1.29, 1.82) is 0 Å². The second-order valence-corrected chi connectivity index (χ2v) is 6.81. The van der Waals surface area contributed by atoms with Gasteiger partial charge >= 0.3 is 6.01 Å². The average molecular weight is 367 g/mol. The fourth-order valence-corrected chi connectivity index (χ4v) is 3.48. The number of piperazine rings is 2. The van der Waals surface area contributed by atoms with Crippen molar-refractivity contribution in [3.8, 4) is 11.8 Å². The summed E-state index contributed by atoms with van der Waals surface area (Å²) in [6.07, 6.45) is 3.26. The van der Waals surface area contributed by atoms with E-state index in [0.29, 0.717) is 24.8 Å². The summed E-state index contributed by atoms with van der Waals surface area (Å²) in [5, 5.41) is 0. The normalized spacial score (nSPS) is 20.6. The summed E-state index contributed by atoms with van der Waals surface area (Å²) in [4.78, 5) is 38.0. The van der Waals surface area contributed by atoms with Crippen molar-refractivity contribution in [3.05, 3.63) is 48.3 Å². The van der Waals surface area contributed by atoms with E-state index >= 15 is 0 Å². The molecule has 1 aromatic heterocycles. The van der Waals surface area contributed by atoms with E-state index in [1.807, 2.05) is 24.3 Å². The van der Waals surface area contributed by atoms with Crippen LogP contribution in [0.4, 0.5) is 0 Å². The molecule has 2 saturated heterocycles. The fraction of sp³-hybridized carbons (Fsp3) is 0.368. The Hall–Kier alpha value is -3.00. The SMILES string of the molecule is CN1CC(=O)N2CCN(Cc3ccc(Oc4ncccn4)cc3)C[C@H]2C1=O. The first-order valence-electron chi connectivity index (χ1n) is 8.91. The van der Waals surface area contributed by atoms with Crippen molar-refractivity contribution >= 4 is 11.8 Å². The highest BCUT2D eigenvalue weighted by Crippen LogP contribution is 2.21. The minimum Gasteiger partial charge on any atom is -0.424 e. The number of rotatable bonds is 4. The van der Waals surface area contributed by atoms with Gasteiger partial charge in [-0.1, -0.05) is 12.1 Å². The summed E-state index contributed by atoms with van der Waals surface area (Å²) < 4.78 is 5.60. The molecule has 2 fully saturated rings. The zero-order valence-electron chi connectivity index (χ0n) is 15.1. The molecule has 0 spiro atoms. The Balaban J connectivity index is 1.38. The first-order chi connectivity index (χ1) is 13.1. The van der Waals surface area contributed by atoms with Crippen LogP contribution in [-0.2, 0) is 16.1 Å². The number of nitrogens with zero attached hydrogens (tertiary/aromatic N) is 5. The van der Waals surface area contributed by atoms with E-state index in [4.69, 9.17) is 4.74 Å². The number of aromatic nitrogens is 2. The predicted molar refractivity (Wildman–Crippen MR) is 97.0 cm³/mol. The topological polar surface area (TPSA) is 78.9 Å². The third kappa shape index (κ3) is 3.75. The van der Waals surface area contributed by atoms with Gasteiger partial charge in [-0.25, -0.2) is 9.97 Å². The highest BCUT2D eigenvalue weighted by Gasteiger charge is 2.41. The Kier molecular flexibility index (Phi) is 4.72. The number of fused-ring (bicyclic) bond motifs is 1. The van der Waals surface area contributed by atoms with Gasteiger partial charge in [0.05, 0.1) is 6.54 Å². The number of amides is 2. The maximum absolute atomic E-state index is 12.4. The van der Waals surface area contributed by atoms with Crippen LogP contribution in [0.5, 0.6) is 11.8 Å². The average Bonchev–Trinajstić information content (AvgIpc) is 2.68. The Morgan fingerprint density at radius 3 is 2.59 bits per heavy atom. The number of ether oxygens (including phenoxy) is 1. The van der Waals surface area contributed by atoms with E-state index in [9.17, 15) is 9.59 Å². The molecule has 8 heteroatoms. The molecule has 4 rings (SSSR count). The van der Waals surface area contributed by atoms with Gasteiger partial charge < -0.3 is 14.5 Å². The standard InChI is InChI=1S/C19H21N5O3/c1-22-13-17(25)24-10-9-23(12-16(24)18(22)26)11-14-3-5-15(6-4-14)27-19-20-7-2-8-21-19/h2-8,16H,9-13H2,1H3/t16-/m0/s1. The van der Waals surface area contributed by atoms with Crippen LogP contribution >= 0.6 is 0 Å². The molecule has 27 heavy (non-hydrogen) atoms. The molecule has 8 nitrogen and oxygen atoms in total. The van der Waals surface area contributed by atoms with E-state index in [0.717, 1.165) is 18.7 Å². The van der Waals surface area contributed by atoms with Crippen LogP contribution in [0.1, 0.15) is 5.56 Å². The number of hydrogen-bond acceptors (Lipinski definition) is 6. The van der Waals surface area contributed by atoms with Crippen molar-refractivity contribution < 1.29 is 14.3 Å². The molecule has 2 amide bonds. The number of likely N-dealkylation sites (N-methyl/N-ethyl adjacent to an activating group) is 1. The molecule has 0 aliphatic carbocycles. The Bertz CT molecular complexity index is 827. The van der Waals surface area contributed by atoms with Crippen LogP contribution in [-0.4, -0.2) is 75.8 Å². The lowest BCUT2D eigenvalue weighted by molar-refractivity contribution is -0.158. The Labute approximate surface area is 157 Å². The molecule has 0 unspecified atom stereocenters. The zero-order valence-corrected chi connectivity index (χ0v) is 15.1. The second-order valence-electron chi connectivity index (χ2n) is 6.81. The smallest absolute Gasteiger partial charge is 0.321 e. The molecule has 3 heterocycles. The maximum atomic E-state index is 12.4. The molecule has 0 bridgehead atoms. The minimum absolute atomic E-state index is 0.0194. The zero-order chi connectivity index (χ0) is 18.8. The molecular weight excluding hydrogens is 346 g/mol. The fourth-order valence-electron chi connectivity index (χ4n) is 3.48. The summed E-state index contributed by atoms with van der Waals surface area (Å²) >= 11 is 0. The van der Waals surface area contributed by atoms with Gasteiger partial charge in [-0.3, -0.25) is 14.5 Å². The molecule has 140 valence electrons. The third-order valence-electron chi connectivity index (χ3n) is 4.90. The molecule has 0 radical (unpaired) electrons. The number of carbonyl (C=O) groups is 2. The number of hydrogen-bond donors (Lipinski definition) is 0. The number of carbonyl (C=O) groups excluding carboxylic acids is 2. The van der Waals surface area contributed by atoms with E-state index in [-0.39, 0.29) is 24.4 Å². The van der Waals surface area contributed by atoms with E-state index in [2.05, 4.69) is 14.9 Å². The molecule has 1 aromatic carbocycles. The first kappa shape index (κ1) is 17.4. The highest BCUT2D eigenvalue weighted by molar-refractivity contribution is 5.95.